The van der Waals surface area contributed by atoms with Gasteiger partial charge in [-0.1, -0.05) is 0 Å². The summed E-state index contributed by atoms with van der Waals surface area (Å²) in [5.74, 6) is 0.558. The van der Waals surface area contributed by atoms with Crippen molar-refractivity contribution >= 4 is 11.7 Å². The van der Waals surface area contributed by atoms with Gasteiger partial charge in [-0.15, -0.1) is 5.10 Å². The Kier molecular flexibility index (Phi) is 4.21. The summed E-state index contributed by atoms with van der Waals surface area (Å²) in [5.41, 5.74) is 1.51. The van der Waals surface area contributed by atoms with Crippen molar-refractivity contribution in [2.45, 2.75) is 25.1 Å². The molecule has 0 bridgehead atoms. The quantitative estimate of drug-likeness (QED) is 0.747. The molecule has 3 aliphatic heterocycles. The Bertz CT molecular complexity index is 868. The molecule has 1 aromatic rings. The molecule has 2 atom stereocenters. The Hall–Kier alpha value is -3.07. The van der Waals surface area contributed by atoms with Crippen LogP contribution in [0, 0.1) is 0 Å². The van der Waals surface area contributed by atoms with Crippen LogP contribution < -0.4 is 4.90 Å². The Morgan fingerprint density at radius 3 is 3.08 bits per heavy atom. The number of fused-ring (bicyclic) bond motifs is 1. The van der Waals surface area contributed by atoms with Crippen molar-refractivity contribution in [3.8, 4) is 11.4 Å². The topological polar surface area (TPSA) is 100 Å². The third-order valence-electron chi connectivity index (χ3n) is 4.66. The number of aliphatic hydroxyl groups is 1. The molecule has 2 unspecified atom stereocenters. The third-order valence-corrected chi connectivity index (χ3v) is 4.66. The van der Waals surface area contributed by atoms with E-state index in [4.69, 9.17) is 0 Å². The molecule has 3 aliphatic rings. The predicted molar refractivity (Wildman–Crippen MR) is 93.5 cm³/mol. The number of nitrogens with zero attached hydrogens (tertiary/aromatic N) is 7. The van der Waals surface area contributed by atoms with Crippen molar-refractivity contribution in [3.63, 3.8) is 0 Å². The zero-order chi connectivity index (χ0) is 18.1. The highest BCUT2D eigenvalue weighted by Gasteiger charge is 2.34. The Labute approximate surface area is 150 Å². The van der Waals surface area contributed by atoms with Crippen molar-refractivity contribution in [1.29, 1.82) is 0 Å². The fourth-order valence-electron chi connectivity index (χ4n) is 3.22. The van der Waals surface area contributed by atoms with E-state index in [0.717, 1.165) is 5.56 Å². The van der Waals surface area contributed by atoms with Gasteiger partial charge in [0.1, 0.15) is 6.17 Å². The van der Waals surface area contributed by atoms with Crippen LogP contribution in [0.4, 0.5) is 10.5 Å². The number of amides is 2. The lowest BCUT2D eigenvalue weighted by atomic mass is 10.0. The zero-order valence-electron chi connectivity index (χ0n) is 14.3. The van der Waals surface area contributed by atoms with Gasteiger partial charge in [-0.2, -0.15) is 5.10 Å². The molecule has 0 aromatic carbocycles. The molecule has 4 rings (SSSR count). The second-order valence-electron chi connectivity index (χ2n) is 6.35. The maximum Gasteiger partial charge on any atom is 0.325 e. The average Bonchev–Trinajstić information content (AvgIpc) is 3.15. The largest absolute Gasteiger partial charge is 0.393 e. The van der Waals surface area contributed by atoms with Gasteiger partial charge in [0.25, 0.3) is 0 Å². The van der Waals surface area contributed by atoms with E-state index in [1.807, 2.05) is 16.8 Å². The van der Waals surface area contributed by atoms with E-state index >= 15 is 0 Å². The van der Waals surface area contributed by atoms with Crippen LogP contribution in [-0.2, 0) is 0 Å². The minimum Gasteiger partial charge on any atom is -0.393 e. The lowest BCUT2D eigenvalue weighted by Crippen LogP contribution is -2.49. The van der Waals surface area contributed by atoms with Crippen LogP contribution in [0.25, 0.3) is 11.4 Å². The Balaban J connectivity index is 1.65. The van der Waals surface area contributed by atoms with Gasteiger partial charge in [-0.25, -0.2) is 9.78 Å². The standard InChI is InChI=1S/C17H19N7O2/c1-22(13-3-2-5-18-9-13)17(26)24-6-4-14(25)7-15(24)23-10-12-8-20-21-16(12)19-11-23/h2-3,5,8-11,14-15,25H,4,6-7H2,1H3. The highest BCUT2D eigenvalue weighted by atomic mass is 16.3. The van der Waals surface area contributed by atoms with Crippen LogP contribution in [0.3, 0.4) is 0 Å². The highest BCUT2D eigenvalue weighted by molar-refractivity contribution is 5.91. The lowest BCUT2D eigenvalue weighted by molar-refractivity contribution is 0.0335. The van der Waals surface area contributed by atoms with E-state index in [1.165, 1.54) is 0 Å². The van der Waals surface area contributed by atoms with Gasteiger partial charge in [0.2, 0.25) is 0 Å². The third kappa shape index (κ3) is 2.97. The van der Waals surface area contributed by atoms with E-state index < -0.39 is 6.10 Å². The van der Waals surface area contributed by atoms with Gasteiger partial charge in [0, 0.05) is 32.4 Å². The number of carbonyl (C=O) groups excluding carboxylic acids is 1. The molecule has 9 nitrogen and oxygen atoms in total. The van der Waals surface area contributed by atoms with Crippen molar-refractivity contribution in [3.05, 3.63) is 43.2 Å². The van der Waals surface area contributed by atoms with Gasteiger partial charge in [-0.3, -0.25) is 9.88 Å². The maximum atomic E-state index is 13.1. The number of piperidine rings is 1. The highest BCUT2D eigenvalue weighted by Crippen LogP contribution is 2.29. The molecular weight excluding hydrogens is 334 g/mol. The smallest absolute Gasteiger partial charge is 0.325 e. The first kappa shape index (κ1) is 16.4. The van der Waals surface area contributed by atoms with Gasteiger partial charge < -0.3 is 14.6 Å². The number of rotatable bonds is 2. The molecule has 1 fully saturated rings. The maximum absolute atomic E-state index is 13.1. The van der Waals surface area contributed by atoms with E-state index in [1.54, 1.807) is 47.8 Å². The minimum atomic E-state index is -0.466. The monoisotopic (exact) mass is 353 g/mol. The molecule has 4 heterocycles. The summed E-state index contributed by atoms with van der Waals surface area (Å²) in [6, 6.07) is 3.47. The van der Waals surface area contributed by atoms with Gasteiger partial charge in [0.15, 0.2) is 5.82 Å². The molecule has 0 radical (unpaired) electrons. The van der Waals surface area contributed by atoms with Gasteiger partial charge >= 0.3 is 6.03 Å². The molecule has 2 amide bonds. The Morgan fingerprint density at radius 2 is 2.27 bits per heavy atom. The molecule has 1 N–H and O–H groups in total. The molecule has 1 saturated heterocycles. The second kappa shape index (κ2) is 6.68. The fourth-order valence-corrected chi connectivity index (χ4v) is 3.22. The van der Waals surface area contributed by atoms with Crippen LogP contribution in [0.5, 0.6) is 0 Å². The SMILES string of the molecule is CN(C(=O)N1CCC(O)CC1n1cnc2nncc-2c1)c1cccnc1. The van der Waals surface area contributed by atoms with Gasteiger partial charge in [0.05, 0.1) is 36.1 Å². The second-order valence-corrected chi connectivity index (χ2v) is 6.35. The first-order valence-corrected chi connectivity index (χ1v) is 8.41. The molecular formula is C17H19N7O2. The molecule has 0 saturated carbocycles. The zero-order valence-corrected chi connectivity index (χ0v) is 14.3. The molecule has 0 spiro atoms. The molecule has 1 aromatic heterocycles. The van der Waals surface area contributed by atoms with Crippen molar-refractivity contribution in [2.24, 2.45) is 0 Å². The number of aliphatic hydroxyl groups excluding tert-OH is 1. The molecule has 26 heavy (non-hydrogen) atoms. The molecule has 134 valence electrons. The molecule has 0 aliphatic carbocycles. The number of carbonyl (C=O) groups is 1. The predicted octanol–water partition coefficient (Wildman–Crippen LogP) is 1.38. The van der Waals surface area contributed by atoms with E-state index in [0.29, 0.717) is 30.9 Å². The normalized spacial score (nSPS) is 20.3. The number of aromatic nitrogens is 5. The first-order valence-electron chi connectivity index (χ1n) is 8.41. The average molecular weight is 353 g/mol. The summed E-state index contributed by atoms with van der Waals surface area (Å²) in [6.07, 6.45) is 8.61. The Morgan fingerprint density at radius 1 is 1.38 bits per heavy atom. The summed E-state index contributed by atoms with van der Waals surface area (Å²) in [5, 5.41) is 17.9. The summed E-state index contributed by atoms with van der Waals surface area (Å²) in [6.45, 7) is 0.456. The summed E-state index contributed by atoms with van der Waals surface area (Å²) in [4.78, 5) is 24.8. The first-order chi connectivity index (χ1) is 12.6. The van der Waals surface area contributed by atoms with Crippen molar-refractivity contribution in [1.82, 2.24) is 29.6 Å². The lowest BCUT2D eigenvalue weighted by Gasteiger charge is -2.40. The number of urea groups is 1. The van der Waals surface area contributed by atoms with Crippen LogP contribution in [0.2, 0.25) is 0 Å². The van der Waals surface area contributed by atoms with Crippen LogP contribution in [-0.4, -0.2) is 60.5 Å². The minimum absolute atomic E-state index is 0.152. The summed E-state index contributed by atoms with van der Waals surface area (Å²) >= 11 is 0. The molecule has 9 heteroatoms. The van der Waals surface area contributed by atoms with Crippen LogP contribution in [0.15, 0.2) is 43.2 Å². The number of likely N-dealkylation sites (tertiary alicyclic amines) is 1. The van der Waals surface area contributed by atoms with E-state index in [9.17, 15) is 9.90 Å². The summed E-state index contributed by atoms with van der Waals surface area (Å²) < 4.78 is 1.84. The number of anilines is 1. The van der Waals surface area contributed by atoms with Crippen LogP contribution in [0.1, 0.15) is 19.0 Å². The summed E-state index contributed by atoms with van der Waals surface area (Å²) in [7, 11) is 1.72. The number of hydrogen-bond acceptors (Lipinski definition) is 6. The number of pyridine rings is 1. The van der Waals surface area contributed by atoms with Crippen LogP contribution >= 0.6 is 0 Å². The van der Waals surface area contributed by atoms with E-state index in [2.05, 4.69) is 20.2 Å². The number of hydrogen-bond donors (Lipinski definition) is 1. The van der Waals surface area contributed by atoms with Crippen molar-refractivity contribution in [2.75, 3.05) is 18.5 Å². The van der Waals surface area contributed by atoms with Crippen molar-refractivity contribution < 1.29 is 9.90 Å². The van der Waals surface area contributed by atoms with Gasteiger partial charge in [-0.05, 0) is 18.6 Å². The fraction of sp³-hybridized carbons (Fsp3) is 0.353. The van der Waals surface area contributed by atoms with E-state index in [-0.39, 0.29) is 12.2 Å².